The first-order valence-corrected chi connectivity index (χ1v) is 20.5. The Morgan fingerprint density at radius 2 is 1.24 bits per heavy atom. The molecule has 1 aromatic rings. The lowest BCUT2D eigenvalue weighted by atomic mass is 9.64. The lowest BCUT2D eigenvalue weighted by Crippen LogP contribution is -2.29. The second-order valence-electron chi connectivity index (χ2n) is 15.5. The van der Waals surface area contributed by atoms with Crippen LogP contribution in [0.15, 0.2) is 36.4 Å². The fourth-order valence-electron chi connectivity index (χ4n) is 7.52. The second kappa shape index (κ2) is 27.6. The molecule has 268 valence electrons. The molecular weight excluding hydrogens is 553 g/mol. The van der Waals surface area contributed by atoms with Crippen LogP contribution in [0, 0.1) is 24.2 Å². The van der Waals surface area contributed by atoms with Crippen molar-refractivity contribution in [1.29, 1.82) is 0 Å². The molecule has 0 spiro atoms. The molecule has 0 bridgehead atoms. The number of hydrogen-bond donors (Lipinski definition) is 0. The summed E-state index contributed by atoms with van der Waals surface area (Å²) in [6.07, 6.45) is 33.7. The van der Waals surface area contributed by atoms with Gasteiger partial charge in [0, 0.05) is 5.92 Å². The molecule has 1 fully saturated rings. The number of aryl methyl sites for hydroxylation is 3. The zero-order chi connectivity index (χ0) is 34.8. The summed E-state index contributed by atoms with van der Waals surface area (Å²) in [7, 11) is 0. The van der Waals surface area contributed by atoms with Gasteiger partial charge in [-0.25, -0.2) is 0 Å². The van der Waals surface area contributed by atoms with Crippen molar-refractivity contribution in [3.05, 3.63) is 58.7 Å². The minimum absolute atomic E-state index is 0.360. The maximum Gasteiger partial charge on any atom is 0.00592 e. The summed E-state index contributed by atoms with van der Waals surface area (Å²) in [5, 5.41) is 0. The highest BCUT2D eigenvalue weighted by molar-refractivity contribution is 5.44. The van der Waals surface area contributed by atoms with E-state index in [4.69, 9.17) is 0 Å². The van der Waals surface area contributed by atoms with Gasteiger partial charge in [-0.1, -0.05) is 182 Å². The summed E-state index contributed by atoms with van der Waals surface area (Å²) in [6.45, 7) is 28.9. The van der Waals surface area contributed by atoms with Crippen LogP contribution in [0.2, 0.25) is 0 Å². The zero-order valence-corrected chi connectivity index (χ0v) is 33.6. The first-order valence-electron chi connectivity index (χ1n) is 20.5. The number of benzene rings is 1. The lowest BCUT2D eigenvalue weighted by Gasteiger charge is -2.40. The van der Waals surface area contributed by atoms with Gasteiger partial charge < -0.3 is 0 Å². The van der Waals surface area contributed by atoms with Gasteiger partial charge in [0.25, 0.3) is 0 Å². The van der Waals surface area contributed by atoms with E-state index < -0.39 is 0 Å². The van der Waals surface area contributed by atoms with Gasteiger partial charge in [-0.2, -0.15) is 0 Å². The molecule has 0 heterocycles. The summed E-state index contributed by atoms with van der Waals surface area (Å²) in [5.41, 5.74) is 8.25. The molecule has 1 saturated carbocycles. The Labute approximate surface area is 292 Å². The summed E-state index contributed by atoms with van der Waals surface area (Å²) in [6, 6.07) is 5.01. The van der Waals surface area contributed by atoms with Crippen molar-refractivity contribution >= 4 is 0 Å². The van der Waals surface area contributed by atoms with Crippen LogP contribution >= 0.6 is 0 Å². The van der Waals surface area contributed by atoms with Crippen molar-refractivity contribution < 1.29 is 0 Å². The van der Waals surface area contributed by atoms with Crippen LogP contribution in [-0.2, 0) is 12.8 Å². The summed E-state index contributed by atoms with van der Waals surface area (Å²) in [5.74, 6) is 2.18. The third kappa shape index (κ3) is 18.9. The molecule has 2 aliphatic rings. The van der Waals surface area contributed by atoms with Crippen molar-refractivity contribution in [2.24, 2.45) is 17.3 Å². The smallest absolute Gasteiger partial charge is 0.00592 e. The Morgan fingerprint density at radius 1 is 0.717 bits per heavy atom. The topological polar surface area (TPSA) is 0 Å². The third-order valence-electron chi connectivity index (χ3n) is 10.4. The molecule has 46 heavy (non-hydrogen) atoms. The van der Waals surface area contributed by atoms with Crippen LogP contribution in [0.25, 0.3) is 0 Å². The Morgan fingerprint density at radius 3 is 1.70 bits per heavy atom. The van der Waals surface area contributed by atoms with Crippen LogP contribution in [0.1, 0.15) is 219 Å². The minimum atomic E-state index is 0.360. The molecule has 2 unspecified atom stereocenters. The minimum Gasteiger partial charge on any atom is -0.103 e. The van der Waals surface area contributed by atoms with Crippen LogP contribution < -0.4 is 0 Å². The standard InChI is InChI=1S/C25H40.C11H24.C8H14.C2H6/c1-8-10-11-12-20-16-19(4)24(21(9-2)17-20)22-15-18(3)13-14-23(22)25(5,6)7;1-3-5-7-9-11-10-8-6-4-2;1-2-8-6-4-3-5-7-8;1-2/h15-17,22-23H,8-14H2,1-7H3;3-11H2,1-2H3;2,8H,1,3-7H2;1-2H3. The summed E-state index contributed by atoms with van der Waals surface area (Å²) in [4.78, 5) is 0. The Kier molecular flexibility index (Phi) is 26.8. The van der Waals surface area contributed by atoms with Gasteiger partial charge in [-0.15, -0.1) is 6.58 Å². The zero-order valence-electron chi connectivity index (χ0n) is 33.6. The highest BCUT2D eigenvalue weighted by Crippen LogP contribution is 2.47. The largest absolute Gasteiger partial charge is 0.103 e. The van der Waals surface area contributed by atoms with E-state index in [2.05, 4.69) is 93.2 Å². The number of unbranched alkanes of at least 4 members (excludes halogenated alkanes) is 10. The molecule has 0 nitrogen and oxygen atoms in total. The Hall–Kier alpha value is -1.30. The van der Waals surface area contributed by atoms with Gasteiger partial charge in [0.05, 0.1) is 0 Å². The third-order valence-corrected chi connectivity index (χ3v) is 10.4. The highest BCUT2D eigenvalue weighted by Gasteiger charge is 2.35. The van der Waals surface area contributed by atoms with Gasteiger partial charge >= 0.3 is 0 Å². The van der Waals surface area contributed by atoms with E-state index in [1.807, 2.05) is 13.8 Å². The average molecular weight is 637 g/mol. The fourth-order valence-corrected chi connectivity index (χ4v) is 7.52. The first kappa shape index (κ1) is 44.7. The average Bonchev–Trinajstić information content (AvgIpc) is 3.05. The van der Waals surface area contributed by atoms with E-state index in [1.165, 1.54) is 134 Å². The van der Waals surface area contributed by atoms with Crippen molar-refractivity contribution in [2.45, 2.75) is 217 Å². The Bertz CT molecular complexity index is 879. The predicted octanol–water partition coefficient (Wildman–Crippen LogP) is 16.1. The number of rotatable bonds is 15. The number of allylic oxidation sites excluding steroid dienone is 3. The quantitative estimate of drug-likeness (QED) is 0.133. The summed E-state index contributed by atoms with van der Waals surface area (Å²) >= 11 is 0. The summed E-state index contributed by atoms with van der Waals surface area (Å²) < 4.78 is 0. The van der Waals surface area contributed by atoms with Crippen molar-refractivity contribution in [2.75, 3.05) is 0 Å². The van der Waals surface area contributed by atoms with E-state index in [0.29, 0.717) is 11.3 Å². The van der Waals surface area contributed by atoms with Crippen molar-refractivity contribution in [3.63, 3.8) is 0 Å². The van der Waals surface area contributed by atoms with Crippen molar-refractivity contribution in [1.82, 2.24) is 0 Å². The molecule has 0 amide bonds. The molecule has 3 rings (SSSR count). The first-order chi connectivity index (χ1) is 22.1. The van der Waals surface area contributed by atoms with E-state index >= 15 is 0 Å². The molecule has 0 aromatic heterocycles. The molecule has 0 aliphatic heterocycles. The molecule has 2 aliphatic carbocycles. The van der Waals surface area contributed by atoms with Crippen molar-refractivity contribution in [3.8, 4) is 0 Å². The molecule has 1 aromatic carbocycles. The maximum atomic E-state index is 3.78. The predicted molar refractivity (Wildman–Crippen MR) is 213 cm³/mol. The molecule has 0 N–H and O–H groups in total. The molecule has 2 atom stereocenters. The fraction of sp³-hybridized carbons (Fsp3) is 0.783. The van der Waals surface area contributed by atoms with Crippen LogP contribution in [0.5, 0.6) is 0 Å². The normalized spacial score (nSPS) is 18.2. The molecular formula is C46H84. The molecule has 0 radical (unpaired) electrons. The second-order valence-corrected chi connectivity index (χ2v) is 15.5. The van der Waals surface area contributed by atoms with E-state index in [1.54, 1.807) is 22.3 Å². The van der Waals surface area contributed by atoms with Crippen LogP contribution in [0.4, 0.5) is 0 Å². The molecule has 0 saturated heterocycles. The molecule has 0 heteroatoms. The van der Waals surface area contributed by atoms with Gasteiger partial charge in [0.15, 0.2) is 0 Å². The van der Waals surface area contributed by atoms with E-state index in [0.717, 1.165) is 18.3 Å². The highest BCUT2D eigenvalue weighted by atomic mass is 14.4. The van der Waals surface area contributed by atoms with Crippen LogP contribution in [0.3, 0.4) is 0 Å². The maximum absolute atomic E-state index is 3.78. The van der Waals surface area contributed by atoms with E-state index in [-0.39, 0.29) is 0 Å². The van der Waals surface area contributed by atoms with Gasteiger partial charge in [0.1, 0.15) is 0 Å². The Balaban J connectivity index is 0.000000791. The monoisotopic (exact) mass is 637 g/mol. The SMILES string of the molecule is C=CC1CCCCC1.CC.CCCCCCCCCCC.CCCCCc1cc(C)c(C2C=C(C)CCC2C(C)(C)C)c(CC)c1. The van der Waals surface area contributed by atoms with Gasteiger partial charge in [-0.3, -0.25) is 0 Å². The lowest BCUT2D eigenvalue weighted by molar-refractivity contribution is 0.197. The number of hydrogen-bond acceptors (Lipinski definition) is 0. The van der Waals surface area contributed by atoms with Gasteiger partial charge in [-0.05, 0) is 98.3 Å². The van der Waals surface area contributed by atoms with Crippen LogP contribution in [-0.4, -0.2) is 0 Å². The van der Waals surface area contributed by atoms with Gasteiger partial charge in [0.2, 0.25) is 0 Å². The van der Waals surface area contributed by atoms with E-state index in [9.17, 15) is 0 Å².